The molecule has 0 spiro atoms. The summed E-state index contributed by atoms with van der Waals surface area (Å²) in [6.45, 7) is 1.90. The van der Waals surface area contributed by atoms with Crippen LogP contribution in [0.3, 0.4) is 0 Å². The Bertz CT molecular complexity index is 1290. The van der Waals surface area contributed by atoms with Gasteiger partial charge in [-0.3, -0.25) is 0 Å². The second kappa shape index (κ2) is 10.0. The molecule has 4 rings (SSSR count). The van der Waals surface area contributed by atoms with E-state index in [0.717, 1.165) is 11.3 Å². The maximum Gasteiger partial charge on any atom is 0.240 e. The molecular formula is C24H26Cl2N4O3S. The fourth-order valence-corrected chi connectivity index (χ4v) is 5.91. The molecule has 4 N–H and O–H groups in total. The maximum absolute atomic E-state index is 13.1. The summed E-state index contributed by atoms with van der Waals surface area (Å²) in [5, 5.41) is 2.89. The number of hydrogen-bond acceptors (Lipinski definition) is 6. The molecule has 0 bridgehead atoms. The van der Waals surface area contributed by atoms with Crippen LogP contribution in [0, 0.1) is 6.92 Å². The Labute approximate surface area is 209 Å². The van der Waals surface area contributed by atoms with Crippen LogP contribution in [0.4, 0.5) is 11.4 Å². The van der Waals surface area contributed by atoms with E-state index in [1.165, 1.54) is 6.07 Å². The van der Waals surface area contributed by atoms with Crippen molar-refractivity contribution in [3.8, 4) is 5.75 Å². The van der Waals surface area contributed by atoms with Crippen molar-refractivity contribution in [1.82, 2.24) is 10.1 Å². The number of rotatable bonds is 7. The van der Waals surface area contributed by atoms with Crippen molar-refractivity contribution < 1.29 is 13.2 Å². The molecular weight excluding hydrogens is 495 g/mol. The second-order valence-corrected chi connectivity index (χ2v) is 10.8. The first-order chi connectivity index (χ1) is 16.2. The van der Waals surface area contributed by atoms with Gasteiger partial charge in [0, 0.05) is 17.3 Å². The van der Waals surface area contributed by atoms with Gasteiger partial charge in [0.1, 0.15) is 5.75 Å². The number of halogens is 2. The highest BCUT2D eigenvalue weighted by atomic mass is 35.5. The number of anilines is 2. The van der Waals surface area contributed by atoms with Crippen LogP contribution in [0.2, 0.25) is 10.0 Å². The first-order valence-corrected chi connectivity index (χ1v) is 12.9. The van der Waals surface area contributed by atoms with Crippen LogP contribution >= 0.6 is 23.2 Å². The van der Waals surface area contributed by atoms with Crippen molar-refractivity contribution in [1.29, 1.82) is 0 Å². The quantitative estimate of drug-likeness (QED) is 0.391. The van der Waals surface area contributed by atoms with Crippen molar-refractivity contribution in [2.45, 2.75) is 30.3 Å². The molecule has 0 saturated carbocycles. The molecule has 180 valence electrons. The number of hydrogen-bond donors (Lipinski definition) is 3. The van der Waals surface area contributed by atoms with E-state index in [1.807, 2.05) is 35.3 Å². The van der Waals surface area contributed by atoms with Gasteiger partial charge in [0.05, 0.1) is 34.8 Å². The Hall–Kier alpha value is -2.49. The van der Waals surface area contributed by atoms with E-state index >= 15 is 0 Å². The number of ether oxygens (including phenoxy) is 1. The largest absolute Gasteiger partial charge is 0.497 e. The smallest absolute Gasteiger partial charge is 0.240 e. The third kappa shape index (κ3) is 5.26. The number of sulfonamides is 1. The van der Waals surface area contributed by atoms with E-state index in [1.54, 1.807) is 38.3 Å². The summed E-state index contributed by atoms with van der Waals surface area (Å²) >= 11 is 12.6. The lowest BCUT2D eigenvalue weighted by atomic mass is 10.0. The fourth-order valence-electron chi connectivity index (χ4n) is 4.06. The number of nitrogens with one attached hydrogen (secondary N) is 2. The zero-order chi connectivity index (χ0) is 24.5. The van der Waals surface area contributed by atoms with Gasteiger partial charge >= 0.3 is 0 Å². The van der Waals surface area contributed by atoms with Crippen molar-refractivity contribution in [2.24, 2.45) is 0 Å². The van der Waals surface area contributed by atoms with Gasteiger partial charge in [-0.15, -0.1) is 0 Å². The Balaban J connectivity index is 1.61. The van der Waals surface area contributed by atoms with Gasteiger partial charge in [-0.1, -0.05) is 41.4 Å². The van der Waals surface area contributed by atoms with Gasteiger partial charge in [0.15, 0.2) is 0 Å². The molecule has 7 nitrogen and oxygen atoms in total. The minimum Gasteiger partial charge on any atom is -0.497 e. The van der Waals surface area contributed by atoms with Crippen LogP contribution in [-0.4, -0.2) is 28.1 Å². The van der Waals surface area contributed by atoms with Gasteiger partial charge in [-0.2, -0.15) is 0 Å². The first kappa shape index (κ1) is 24.6. The standard InChI is InChI=1S/C24H26Cl2N4O3S/c1-15-3-7-18(27)12-24(15)34(31,32)28-14-19-13-22(16-4-8-20(33-2)9-5-16)29-30(19)23-10-6-17(25)11-21(23)26/h3-12,19,22,28-29H,13-14,27H2,1-2H3. The molecule has 3 aromatic rings. The average molecular weight is 521 g/mol. The van der Waals surface area contributed by atoms with Gasteiger partial charge in [-0.05, 0) is 66.9 Å². The summed E-state index contributed by atoms with van der Waals surface area (Å²) in [5.74, 6) is 0.765. The number of nitrogen functional groups attached to an aromatic ring is 1. The van der Waals surface area contributed by atoms with Gasteiger partial charge in [0.2, 0.25) is 10.0 Å². The normalized spacial score (nSPS) is 18.3. The molecule has 0 aromatic heterocycles. The molecule has 0 amide bonds. The molecule has 2 atom stereocenters. The lowest BCUT2D eigenvalue weighted by Gasteiger charge is -2.28. The molecule has 2 unspecified atom stereocenters. The summed E-state index contributed by atoms with van der Waals surface area (Å²) < 4.78 is 34.2. The second-order valence-electron chi connectivity index (χ2n) is 8.19. The third-order valence-corrected chi connectivity index (χ3v) is 7.97. The summed E-state index contributed by atoms with van der Waals surface area (Å²) in [4.78, 5) is 0.168. The van der Waals surface area contributed by atoms with E-state index in [9.17, 15) is 8.42 Å². The fraction of sp³-hybridized carbons (Fsp3) is 0.250. The predicted octanol–water partition coefficient (Wildman–Crippen LogP) is 4.70. The SMILES string of the molecule is COc1ccc(C2CC(CNS(=O)(=O)c3cc(N)ccc3C)N(c3ccc(Cl)cc3Cl)N2)cc1. The minimum absolute atomic E-state index is 0.0544. The molecule has 1 heterocycles. The lowest BCUT2D eigenvalue weighted by Crippen LogP contribution is -2.44. The first-order valence-electron chi connectivity index (χ1n) is 10.7. The zero-order valence-electron chi connectivity index (χ0n) is 18.8. The van der Waals surface area contributed by atoms with Crippen LogP contribution in [0.15, 0.2) is 65.6 Å². The number of benzene rings is 3. The molecule has 3 aromatic carbocycles. The van der Waals surface area contributed by atoms with Crippen molar-refractivity contribution in [3.63, 3.8) is 0 Å². The number of hydrazine groups is 1. The van der Waals surface area contributed by atoms with Crippen LogP contribution in [0.5, 0.6) is 5.75 Å². The summed E-state index contributed by atoms with van der Waals surface area (Å²) in [7, 11) is -2.15. The summed E-state index contributed by atoms with van der Waals surface area (Å²) in [6, 6.07) is 17.6. The van der Waals surface area contributed by atoms with Crippen LogP contribution in [0.25, 0.3) is 0 Å². The van der Waals surface area contributed by atoms with Gasteiger partial charge in [-0.25, -0.2) is 18.6 Å². The summed E-state index contributed by atoms with van der Waals surface area (Å²) in [5.41, 5.74) is 12.1. The van der Waals surface area contributed by atoms with Crippen molar-refractivity contribution in [3.05, 3.63) is 81.8 Å². The highest BCUT2D eigenvalue weighted by Gasteiger charge is 2.35. The Morgan fingerprint density at radius 2 is 1.85 bits per heavy atom. The number of methoxy groups -OCH3 is 1. The Kier molecular flexibility index (Phi) is 7.25. The van der Waals surface area contributed by atoms with E-state index < -0.39 is 10.0 Å². The molecule has 1 fully saturated rings. The van der Waals surface area contributed by atoms with Crippen LogP contribution in [0.1, 0.15) is 23.6 Å². The zero-order valence-corrected chi connectivity index (χ0v) is 21.1. The Morgan fingerprint density at radius 1 is 1.12 bits per heavy atom. The minimum atomic E-state index is -3.77. The molecule has 0 radical (unpaired) electrons. The molecule has 1 aliphatic heterocycles. The number of nitrogens with zero attached hydrogens (tertiary/aromatic N) is 1. The molecule has 1 aliphatic rings. The lowest BCUT2D eigenvalue weighted by molar-refractivity contribution is 0.414. The van der Waals surface area contributed by atoms with Crippen molar-refractivity contribution >= 4 is 44.6 Å². The highest BCUT2D eigenvalue weighted by molar-refractivity contribution is 7.89. The predicted molar refractivity (Wildman–Crippen MR) is 137 cm³/mol. The van der Waals surface area contributed by atoms with Crippen molar-refractivity contribution in [2.75, 3.05) is 24.4 Å². The molecule has 10 heteroatoms. The molecule has 34 heavy (non-hydrogen) atoms. The third-order valence-electron chi connectivity index (χ3n) is 5.87. The van der Waals surface area contributed by atoms with Crippen LogP contribution < -0.4 is 25.6 Å². The molecule has 1 saturated heterocycles. The molecule has 0 aliphatic carbocycles. The van der Waals surface area contributed by atoms with Gasteiger partial charge in [0.25, 0.3) is 0 Å². The topological polar surface area (TPSA) is 96.7 Å². The van der Waals surface area contributed by atoms with Crippen LogP contribution in [-0.2, 0) is 10.0 Å². The number of nitrogens with two attached hydrogens (primary N) is 1. The van der Waals surface area contributed by atoms with E-state index in [4.69, 9.17) is 33.7 Å². The number of aryl methyl sites for hydroxylation is 1. The van der Waals surface area contributed by atoms with E-state index in [2.05, 4.69) is 10.1 Å². The monoisotopic (exact) mass is 520 g/mol. The van der Waals surface area contributed by atoms with E-state index in [-0.39, 0.29) is 23.5 Å². The Morgan fingerprint density at radius 3 is 2.53 bits per heavy atom. The maximum atomic E-state index is 13.1. The average Bonchev–Trinajstić information content (AvgIpc) is 3.23. The van der Waals surface area contributed by atoms with Gasteiger partial charge < -0.3 is 15.5 Å². The summed E-state index contributed by atoms with van der Waals surface area (Å²) in [6.07, 6.45) is 0.643. The van der Waals surface area contributed by atoms with E-state index in [0.29, 0.717) is 33.4 Å². The highest BCUT2D eigenvalue weighted by Crippen LogP contribution is 2.36.